The van der Waals surface area contributed by atoms with Crippen LogP contribution in [0.5, 0.6) is 0 Å². The molecule has 0 aliphatic rings. The highest BCUT2D eigenvalue weighted by Gasteiger charge is 2.25. The van der Waals surface area contributed by atoms with Crippen molar-refractivity contribution in [1.82, 2.24) is 0 Å². The van der Waals surface area contributed by atoms with Gasteiger partial charge in [-0.3, -0.25) is 4.79 Å². The first-order chi connectivity index (χ1) is 15.1. The molecule has 0 radical (unpaired) electrons. The average Bonchev–Trinajstić information content (AvgIpc) is 2.85. The number of esters is 2. The zero-order valence-corrected chi connectivity index (χ0v) is 18.5. The van der Waals surface area contributed by atoms with Crippen LogP contribution in [0.4, 0.5) is 0 Å². The van der Waals surface area contributed by atoms with Crippen molar-refractivity contribution in [2.45, 2.75) is 6.42 Å². The number of carbonyl (C=O) groups is 2. The molecule has 0 spiro atoms. The van der Waals surface area contributed by atoms with Crippen molar-refractivity contribution < 1.29 is 19.1 Å². The van der Waals surface area contributed by atoms with E-state index in [4.69, 9.17) is 9.47 Å². The zero-order chi connectivity index (χ0) is 22.1. The molecule has 0 heterocycles. The van der Waals surface area contributed by atoms with Crippen molar-refractivity contribution in [2.75, 3.05) is 14.2 Å². The summed E-state index contributed by atoms with van der Waals surface area (Å²) < 4.78 is 9.69. The number of hydrogen-bond donors (Lipinski definition) is 0. The van der Waals surface area contributed by atoms with E-state index in [0.717, 1.165) is 15.9 Å². The third-order valence-corrected chi connectivity index (χ3v) is 8.93. The summed E-state index contributed by atoms with van der Waals surface area (Å²) in [7, 11) is 2.61. The van der Waals surface area contributed by atoms with Crippen LogP contribution in [-0.4, -0.2) is 32.0 Å². The molecule has 0 unspecified atom stereocenters. The third-order valence-electron chi connectivity index (χ3n) is 5.00. The Morgan fingerprint density at radius 2 is 1.13 bits per heavy atom. The van der Waals surface area contributed by atoms with Crippen molar-refractivity contribution in [3.05, 3.63) is 103 Å². The second-order valence-electron chi connectivity index (χ2n) is 6.81. The molecule has 3 aromatic carbocycles. The molecular formula is C26H25O4P. The highest BCUT2D eigenvalue weighted by atomic mass is 31.2. The highest BCUT2D eigenvalue weighted by molar-refractivity contribution is 7.94. The van der Waals surface area contributed by atoms with Crippen LogP contribution in [0.1, 0.15) is 6.42 Å². The molecule has 0 atom stereocenters. The standard InChI is InChI=1S/C26H25O4P/c1-29-25(27)20-21(26(28)30-2)18-19-31(22-12-6-3-7-13-22,23-14-8-4-9-15-23)24-16-10-5-11-17-24/h3-19H,20H2,1-2H3/b21-18-. The normalized spacial score (nSPS) is 11.5. The minimum absolute atomic E-state index is 0.155. The Hall–Kier alpha value is -3.36. The van der Waals surface area contributed by atoms with Gasteiger partial charge in [-0.1, -0.05) is 103 Å². The number of hydrogen-bond acceptors (Lipinski definition) is 4. The lowest BCUT2D eigenvalue weighted by Gasteiger charge is -2.28. The van der Waals surface area contributed by atoms with Gasteiger partial charge in [0.2, 0.25) is 0 Å². The maximum Gasteiger partial charge on any atom is 0.334 e. The second kappa shape index (κ2) is 10.6. The zero-order valence-electron chi connectivity index (χ0n) is 17.6. The van der Waals surface area contributed by atoms with E-state index in [1.54, 1.807) is 6.08 Å². The van der Waals surface area contributed by atoms with Crippen LogP contribution in [0.25, 0.3) is 0 Å². The molecule has 31 heavy (non-hydrogen) atoms. The molecule has 4 nitrogen and oxygen atoms in total. The number of rotatable bonds is 7. The number of benzene rings is 3. The van der Waals surface area contributed by atoms with E-state index >= 15 is 0 Å². The van der Waals surface area contributed by atoms with Crippen molar-refractivity contribution in [3.63, 3.8) is 0 Å². The highest BCUT2D eigenvalue weighted by Crippen LogP contribution is 2.43. The van der Waals surface area contributed by atoms with Crippen molar-refractivity contribution in [3.8, 4) is 0 Å². The van der Waals surface area contributed by atoms with Gasteiger partial charge in [0.25, 0.3) is 0 Å². The lowest BCUT2D eigenvalue weighted by atomic mass is 10.2. The lowest BCUT2D eigenvalue weighted by molar-refractivity contribution is -0.143. The average molecular weight is 432 g/mol. The molecular weight excluding hydrogens is 407 g/mol. The van der Waals surface area contributed by atoms with E-state index < -0.39 is 18.8 Å². The monoisotopic (exact) mass is 432 g/mol. The Morgan fingerprint density at radius 1 is 0.710 bits per heavy atom. The SMILES string of the molecule is COC(=O)C/C(=C/C=P(c1ccccc1)(c1ccccc1)c1ccccc1)C(=O)OC. The van der Waals surface area contributed by atoms with Crippen LogP contribution in [0, 0.1) is 0 Å². The Labute approximate surface area is 183 Å². The number of ether oxygens (including phenoxy) is 2. The van der Waals surface area contributed by atoms with Gasteiger partial charge >= 0.3 is 11.9 Å². The molecule has 0 amide bonds. The topological polar surface area (TPSA) is 52.6 Å². The number of methoxy groups -OCH3 is 2. The fourth-order valence-corrected chi connectivity index (χ4v) is 7.20. The van der Waals surface area contributed by atoms with E-state index in [1.165, 1.54) is 14.2 Å². The molecule has 0 saturated carbocycles. The van der Waals surface area contributed by atoms with Crippen molar-refractivity contribution >= 4 is 40.5 Å². The third kappa shape index (κ3) is 5.04. The van der Waals surface area contributed by atoms with Crippen LogP contribution >= 0.6 is 6.89 Å². The van der Waals surface area contributed by atoms with E-state index in [-0.39, 0.29) is 12.0 Å². The van der Waals surface area contributed by atoms with Gasteiger partial charge in [-0.05, 0) is 22.8 Å². The molecule has 0 bridgehead atoms. The van der Waals surface area contributed by atoms with Crippen LogP contribution in [-0.2, 0) is 19.1 Å². The van der Waals surface area contributed by atoms with Crippen LogP contribution in [0.15, 0.2) is 103 Å². The quantitative estimate of drug-likeness (QED) is 0.326. The second-order valence-corrected chi connectivity index (χ2v) is 10.1. The van der Waals surface area contributed by atoms with Crippen LogP contribution in [0.3, 0.4) is 0 Å². The molecule has 3 rings (SSSR count). The molecule has 0 saturated heterocycles. The van der Waals surface area contributed by atoms with Crippen molar-refractivity contribution in [1.29, 1.82) is 0 Å². The summed E-state index contributed by atoms with van der Waals surface area (Å²) in [5, 5.41) is 3.43. The fourth-order valence-electron chi connectivity index (χ4n) is 3.45. The molecule has 5 heteroatoms. The van der Waals surface area contributed by atoms with Gasteiger partial charge in [-0.15, -0.1) is 0 Å². The molecule has 3 aromatic rings. The molecule has 0 fully saturated rings. The molecule has 0 aromatic heterocycles. The molecule has 158 valence electrons. The molecule has 0 aliphatic carbocycles. The minimum Gasteiger partial charge on any atom is -0.469 e. The van der Waals surface area contributed by atoms with Crippen LogP contribution in [0.2, 0.25) is 0 Å². The number of carbonyl (C=O) groups excluding carboxylic acids is 2. The van der Waals surface area contributed by atoms with E-state index in [0.29, 0.717) is 0 Å². The molecule has 0 aliphatic heterocycles. The smallest absolute Gasteiger partial charge is 0.334 e. The Kier molecular flexibility index (Phi) is 7.64. The maximum absolute atomic E-state index is 12.4. The fraction of sp³-hybridized carbons (Fsp3) is 0.115. The summed E-state index contributed by atoms with van der Waals surface area (Å²) in [6, 6.07) is 30.7. The minimum atomic E-state index is -2.27. The maximum atomic E-state index is 12.4. The van der Waals surface area contributed by atoms with Gasteiger partial charge in [-0.2, -0.15) is 0 Å². The summed E-state index contributed by atoms with van der Waals surface area (Å²) in [4.78, 5) is 24.3. The summed E-state index contributed by atoms with van der Waals surface area (Å²) >= 11 is 0. The van der Waals surface area contributed by atoms with Gasteiger partial charge in [0.1, 0.15) is 0 Å². The number of allylic oxidation sites excluding steroid dienone is 1. The van der Waals surface area contributed by atoms with Crippen LogP contribution < -0.4 is 15.9 Å². The largest absolute Gasteiger partial charge is 0.469 e. The first kappa shape index (κ1) is 22.3. The van der Waals surface area contributed by atoms with Crippen molar-refractivity contribution in [2.24, 2.45) is 0 Å². The first-order valence-corrected chi connectivity index (χ1v) is 11.7. The molecule has 0 N–H and O–H groups in total. The van der Waals surface area contributed by atoms with Gasteiger partial charge in [-0.25, -0.2) is 4.79 Å². The van der Waals surface area contributed by atoms with E-state index in [9.17, 15) is 9.59 Å². The summed E-state index contributed by atoms with van der Waals surface area (Å²) in [6.45, 7) is -2.27. The van der Waals surface area contributed by atoms with E-state index in [2.05, 4.69) is 42.2 Å². The summed E-state index contributed by atoms with van der Waals surface area (Å²) in [6.07, 6.45) is 1.57. The van der Waals surface area contributed by atoms with Gasteiger partial charge in [0.05, 0.1) is 20.6 Å². The lowest BCUT2D eigenvalue weighted by Crippen LogP contribution is -2.26. The summed E-state index contributed by atoms with van der Waals surface area (Å²) in [5.74, 6) is 1.03. The Balaban J connectivity index is 2.36. The Bertz CT molecular complexity index is 1000. The Morgan fingerprint density at radius 3 is 1.48 bits per heavy atom. The van der Waals surface area contributed by atoms with Gasteiger partial charge in [0.15, 0.2) is 0 Å². The first-order valence-electron chi connectivity index (χ1n) is 9.87. The predicted molar refractivity (Wildman–Crippen MR) is 128 cm³/mol. The predicted octanol–water partition coefficient (Wildman–Crippen LogP) is 3.45. The van der Waals surface area contributed by atoms with Gasteiger partial charge in [0, 0.05) is 5.57 Å². The van der Waals surface area contributed by atoms with E-state index in [1.807, 2.05) is 54.6 Å². The summed E-state index contributed by atoms with van der Waals surface area (Å²) in [5.41, 5.74) is 0.251. The van der Waals surface area contributed by atoms with Gasteiger partial charge < -0.3 is 9.47 Å².